The minimum atomic E-state index is -0.540. The molecule has 0 spiro atoms. The van der Waals surface area contributed by atoms with Gasteiger partial charge in [0, 0.05) is 37.8 Å². The first-order valence-electron chi connectivity index (χ1n) is 7.60. The number of aliphatic hydroxyl groups excluding tert-OH is 1. The lowest BCUT2D eigenvalue weighted by molar-refractivity contribution is 0.00615. The first-order chi connectivity index (χ1) is 10.5. The highest BCUT2D eigenvalue weighted by Crippen LogP contribution is 2.23. The van der Waals surface area contributed by atoms with Gasteiger partial charge in [-0.2, -0.15) is 0 Å². The second kappa shape index (κ2) is 7.97. The number of morpholine rings is 1. The fraction of sp³-hybridized carbons (Fsp3) is 0.625. The zero-order valence-electron chi connectivity index (χ0n) is 13.1. The molecular formula is C16H24F2N2O2. The van der Waals surface area contributed by atoms with Crippen molar-refractivity contribution in [3.8, 4) is 0 Å². The van der Waals surface area contributed by atoms with Crippen molar-refractivity contribution >= 4 is 0 Å². The van der Waals surface area contributed by atoms with Crippen LogP contribution in [0.1, 0.15) is 18.5 Å². The molecule has 0 radical (unpaired) electrons. The van der Waals surface area contributed by atoms with Gasteiger partial charge in [-0.25, -0.2) is 8.78 Å². The second-order valence-corrected chi connectivity index (χ2v) is 5.85. The van der Waals surface area contributed by atoms with Crippen LogP contribution in [0.15, 0.2) is 18.2 Å². The van der Waals surface area contributed by atoms with Crippen molar-refractivity contribution < 1.29 is 18.6 Å². The van der Waals surface area contributed by atoms with E-state index in [1.54, 1.807) is 14.0 Å². The van der Waals surface area contributed by atoms with Gasteiger partial charge < -0.3 is 9.84 Å². The number of rotatable bonds is 6. The van der Waals surface area contributed by atoms with Crippen molar-refractivity contribution in [3.05, 3.63) is 35.4 Å². The number of hydrogen-bond acceptors (Lipinski definition) is 4. The molecule has 1 fully saturated rings. The highest BCUT2D eigenvalue weighted by molar-refractivity contribution is 5.21. The highest BCUT2D eigenvalue weighted by atomic mass is 19.1. The van der Waals surface area contributed by atoms with Crippen LogP contribution < -0.4 is 0 Å². The van der Waals surface area contributed by atoms with Crippen LogP contribution >= 0.6 is 0 Å². The lowest BCUT2D eigenvalue weighted by Gasteiger charge is -2.32. The molecule has 1 N–H and O–H groups in total. The number of β-amino-alcohol motifs (C(OH)–C–C–N with tert-alkyl or cyclic N) is 1. The lowest BCUT2D eigenvalue weighted by atomic mass is 10.1. The van der Waals surface area contributed by atoms with Gasteiger partial charge in [0.2, 0.25) is 0 Å². The number of halogens is 2. The van der Waals surface area contributed by atoms with Crippen LogP contribution in [0.5, 0.6) is 0 Å². The smallest absolute Gasteiger partial charge is 0.128 e. The molecule has 2 unspecified atom stereocenters. The van der Waals surface area contributed by atoms with Crippen LogP contribution in [0.25, 0.3) is 0 Å². The Kier molecular flexibility index (Phi) is 6.26. The predicted octanol–water partition coefficient (Wildman–Crippen LogP) is 1.65. The van der Waals surface area contributed by atoms with E-state index in [2.05, 4.69) is 4.90 Å². The normalized spacial score (nSPS) is 19.4. The third-order valence-corrected chi connectivity index (χ3v) is 4.14. The van der Waals surface area contributed by atoms with E-state index in [1.807, 2.05) is 4.90 Å². The largest absolute Gasteiger partial charge is 0.390 e. The number of ether oxygens (including phenoxy) is 1. The van der Waals surface area contributed by atoms with Crippen molar-refractivity contribution in [1.29, 1.82) is 0 Å². The Morgan fingerprint density at radius 1 is 1.32 bits per heavy atom. The summed E-state index contributed by atoms with van der Waals surface area (Å²) in [5.74, 6) is -0.881. The lowest BCUT2D eigenvalue weighted by Crippen LogP contribution is -2.44. The minimum Gasteiger partial charge on any atom is -0.390 e. The van der Waals surface area contributed by atoms with Gasteiger partial charge >= 0.3 is 0 Å². The molecule has 2 rings (SSSR count). The first-order valence-corrected chi connectivity index (χ1v) is 7.60. The van der Waals surface area contributed by atoms with Gasteiger partial charge in [-0.3, -0.25) is 9.80 Å². The fourth-order valence-corrected chi connectivity index (χ4v) is 2.70. The zero-order valence-corrected chi connectivity index (χ0v) is 13.1. The summed E-state index contributed by atoms with van der Waals surface area (Å²) in [5.41, 5.74) is 0.307. The molecule has 1 aromatic carbocycles. The number of nitrogens with zero attached hydrogens (tertiary/aromatic N) is 2. The third kappa shape index (κ3) is 4.71. The summed E-state index contributed by atoms with van der Waals surface area (Å²) in [6.07, 6.45) is -0.540. The maximum absolute atomic E-state index is 13.8. The molecule has 1 heterocycles. The van der Waals surface area contributed by atoms with Crippen LogP contribution in [0.2, 0.25) is 0 Å². The van der Waals surface area contributed by atoms with E-state index in [9.17, 15) is 13.9 Å². The summed E-state index contributed by atoms with van der Waals surface area (Å²) in [5, 5.41) is 10.2. The van der Waals surface area contributed by atoms with Gasteiger partial charge in [0.1, 0.15) is 11.6 Å². The average molecular weight is 314 g/mol. The predicted molar refractivity (Wildman–Crippen MR) is 80.7 cm³/mol. The van der Waals surface area contributed by atoms with Crippen molar-refractivity contribution in [2.45, 2.75) is 19.1 Å². The van der Waals surface area contributed by atoms with Crippen molar-refractivity contribution in [3.63, 3.8) is 0 Å². The van der Waals surface area contributed by atoms with Crippen LogP contribution in [-0.2, 0) is 4.74 Å². The molecule has 1 saturated heterocycles. The third-order valence-electron chi connectivity index (χ3n) is 4.14. The van der Waals surface area contributed by atoms with Gasteiger partial charge in [0.05, 0.1) is 19.3 Å². The van der Waals surface area contributed by atoms with Gasteiger partial charge in [0.15, 0.2) is 0 Å². The van der Waals surface area contributed by atoms with Gasteiger partial charge in [-0.15, -0.1) is 0 Å². The Morgan fingerprint density at radius 3 is 2.68 bits per heavy atom. The van der Waals surface area contributed by atoms with Gasteiger partial charge in [-0.1, -0.05) is 0 Å². The summed E-state index contributed by atoms with van der Waals surface area (Å²) in [4.78, 5) is 3.98. The summed E-state index contributed by atoms with van der Waals surface area (Å²) < 4.78 is 32.4. The van der Waals surface area contributed by atoms with E-state index in [0.29, 0.717) is 31.9 Å². The van der Waals surface area contributed by atoms with E-state index in [-0.39, 0.29) is 6.04 Å². The fourth-order valence-electron chi connectivity index (χ4n) is 2.70. The number of hydrogen-bond donors (Lipinski definition) is 1. The molecule has 1 aliphatic rings. The van der Waals surface area contributed by atoms with Crippen LogP contribution in [0, 0.1) is 11.6 Å². The Hall–Kier alpha value is -1.08. The molecule has 4 nitrogen and oxygen atoms in total. The standard InChI is InChI=1S/C16H24F2N2O2/c1-12(15-9-13(17)3-4-16(15)18)19(2)10-14(21)11-20-5-7-22-8-6-20/h3-4,9,12,14,21H,5-8,10-11H2,1-2H3. The van der Waals surface area contributed by atoms with Crippen molar-refractivity contribution in [2.75, 3.05) is 46.4 Å². The molecule has 1 aromatic rings. The van der Waals surface area contributed by atoms with Crippen molar-refractivity contribution in [1.82, 2.24) is 9.80 Å². The van der Waals surface area contributed by atoms with Crippen LogP contribution in [0.3, 0.4) is 0 Å². The second-order valence-electron chi connectivity index (χ2n) is 5.85. The molecular weight excluding hydrogens is 290 g/mol. The maximum atomic E-state index is 13.8. The summed E-state index contributed by atoms with van der Waals surface area (Å²) in [6, 6.07) is 3.15. The Bertz CT molecular complexity index is 481. The Balaban J connectivity index is 1.89. The van der Waals surface area contributed by atoms with E-state index in [0.717, 1.165) is 25.2 Å². The first kappa shape index (κ1) is 17.3. The van der Waals surface area contributed by atoms with Gasteiger partial charge in [-0.05, 0) is 32.2 Å². The van der Waals surface area contributed by atoms with Crippen LogP contribution in [-0.4, -0.2) is 67.5 Å². The minimum absolute atomic E-state index is 0.307. The molecule has 2 atom stereocenters. The van der Waals surface area contributed by atoms with Crippen LogP contribution in [0.4, 0.5) is 8.78 Å². The highest BCUT2D eigenvalue weighted by Gasteiger charge is 2.21. The molecule has 0 aliphatic carbocycles. The van der Waals surface area contributed by atoms with E-state index in [4.69, 9.17) is 4.74 Å². The number of benzene rings is 1. The number of likely N-dealkylation sites (N-methyl/N-ethyl adjacent to an activating group) is 1. The van der Waals surface area contributed by atoms with E-state index < -0.39 is 17.7 Å². The topological polar surface area (TPSA) is 35.9 Å². The Morgan fingerprint density at radius 2 is 2.00 bits per heavy atom. The monoisotopic (exact) mass is 314 g/mol. The molecule has 0 saturated carbocycles. The molecule has 124 valence electrons. The zero-order chi connectivity index (χ0) is 16.1. The summed E-state index contributed by atoms with van der Waals surface area (Å²) >= 11 is 0. The SMILES string of the molecule is CC(c1cc(F)ccc1F)N(C)CC(O)CN1CCOCC1. The summed E-state index contributed by atoms with van der Waals surface area (Å²) in [6.45, 7) is 5.77. The molecule has 22 heavy (non-hydrogen) atoms. The average Bonchev–Trinajstić information content (AvgIpc) is 2.49. The van der Waals surface area contributed by atoms with Crippen molar-refractivity contribution in [2.24, 2.45) is 0 Å². The van der Waals surface area contributed by atoms with E-state index in [1.165, 1.54) is 6.07 Å². The van der Waals surface area contributed by atoms with Gasteiger partial charge in [0.25, 0.3) is 0 Å². The number of aliphatic hydroxyl groups is 1. The molecule has 0 bridgehead atoms. The maximum Gasteiger partial charge on any atom is 0.128 e. The van der Waals surface area contributed by atoms with E-state index >= 15 is 0 Å². The quantitative estimate of drug-likeness (QED) is 0.866. The summed E-state index contributed by atoms with van der Waals surface area (Å²) in [7, 11) is 1.80. The Labute approximate surface area is 130 Å². The molecule has 6 heteroatoms. The molecule has 0 aromatic heterocycles. The molecule has 1 aliphatic heterocycles. The molecule has 0 amide bonds.